The summed E-state index contributed by atoms with van der Waals surface area (Å²) in [7, 11) is 1.57. The molecule has 0 spiro atoms. The molecule has 0 saturated heterocycles. The highest BCUT2D eigenvalue weighted by molar-refractivity contribution is 5.79. The van der Waals surface area contributed by atoms with Crippen LogP contribution in [0.5, 0.6) is 17.2 Å². The van der Waals surface area contributed by atoms with Gasteiger partial charge in [0.15, 0.2) is 0 Å². The lowest BCUT2D eigenvalue weighted by Crippen LogP contribution is -2.06. The number of methoxy groups -OCH3 is 1. The van der Waals surface area contributed by atoms with Crippen LogP contribution in [0.25, 0.3) is 11.0 Å². The van der Waals surface area contributed by atoms with Gasteiger partial charge in [-0.15, -0.1) is 0 Å². The third-order valence-corrected chi connectivity index (χ3v) is 3.93. The van der Waals surface area contributed by atoms with E-state index < -0.39 is 0 Å². The van der Waals surface area contributed by atoms with E-state index >= 15 is 0 Å². The van der Waals surface area contributed by atoms with Gasteiger partial charge in [0.05, 0.1) is 12.5 Å². The molecular formula is C19H18O4. The van der Waals surface area contributed by atoms with Crippen LogP contribution >= 0.6 is 0 Å². The zero-order valence-electron chi connectivity index (χ0n) is 13.6. The van der Waals surface area contributed by atoms with Crippen LogP contribution < -0.4 is 14.9 Å². The van der Waals surface area contributed by atoms with Crippen molar-refractivity contribution in [2.75, 3.05) is 7.11 Å². The Hall–Kier alpha value is -2.75. The minimum Gasteiger partial charge on any atom is -0.497 e. The molecule has 0 aliphatic rings. The first-order chi connectivity index (χ1) is 11.0. The molecule has 1 aromatic heterocycles. The summed E-state index contributed by atoms with van der Waals surface area (Å²) in [6.45, 7) is 5.98. The van der Waals surface area contributed by atoms with Gasteiger partial charge in [0, 0.05) is 6.07 Å². The SMILES string of the molecule is COc1ccc2c(=O)c(Oc3cc(C)cc(C)c3C)coc2c1. The van der Waals surface area contributed by atoms with Gasteiger partial charge in [-0.25, -0.2) is 0 Å². The summed E-state index contributed by atoms with van der Waals surface area (Å²) in [6.07, 6.45) is 1.35. The molecule has 0 fully saturated rings. The van der Waals surface area contributed by atoms with Crippen molar-refractivity contribution in [1.29, 1.82) is 0 Å². The van der Waals surface area contributed by atoms with Crippen molar-refractivity contribution in [1.82, 2.24) is 0 Å². The van der Waals surface area contributed by atoms with Crippen molar-refractivity contribution in [3.63, 3.8) is 0 Å². The molecule has 0 saturated carbocycles. The smallest absolute Gasteiger partial charge is 0.235 e. The summed E-state index contributed by atoms with van der Waals surface area (Å²) < 4.78 is 16.5. The zero-order chi connectivity index (χ0) is 16.6. The molecule has 0 N–H and O–H groups in total. The third-order valence-electron chi connectivity index (χ3n) is 3.93. The van der Waals surface area contributed by atoms with E-state index in [2.05, 4.69) is 6.07 Å². The maximum atomic E-state index is 12.6. The van der Waals surface area contributed by atoms with Gasteiger partial charge < -0.3 is 13.9 Å². The molecule has 2 aromatic carbocycles. The Morgan fingerprint density at radius 1 is 1.00 bits per heavy atom. The fraction of sp³-hybridized carbons (Fsp3) is 0.211. The standard InChI is InChI=1S/C19H18O4/c1-11-7-12(2)13(3)16(8-11)23-18-10-22-17-9-14(21-4)5-6-15(17)19(18)20/h5-10H,1-4H3. The molecule has 118 valence electrons. The second kappa shape index (κ2) is 5.80. The maximum Gasteiger partial charge on any atom is 0.235 e. The van der Waals surface area contributed by atoms with E-state index in [1.54, 1.807) is 25.3 Å². The molecule has 4 heteroatoms. The van der Waals surface area contributed by atoms with Crippen LogP contribution in [-0.2, 0) is 0 Å². The highest BCUT2D eigenvalue weighted by atomic mass is 16.5. The van der Waals surface area contributed by atoms with Gasteiger partial charge >= 0.3 is 0 Å². The average molecular weight is 310 g/mol. The molecule has 23 heavy (non-hydrogen) atoms. The number of fused-ring (bicyclic) bond motifs is 1. The molecule has 4 nitrogen and oxygen atoms in total. The Morgan fingerprint density at radius 3 is 2.52 bits per heavy atom. The summed E-state index contributed by atoms with van der Waals surface area (Å²) in [5.41, 5.74) is 3.48. The van der Waals surface area contributed by atoms with Crippen molar-refractivity contribution >= 4 is 11.0 Å². The Kier molecular flexibility index (Phi) is 3.82. The van der Waals surface area contributed by atoms with Crippen LogP contribution in [0.1, 0.15) is 16.7 Å². The first-order valence-corrected chi connectivity index (χ1v) is 7.35. The molecule has 3 rings (SSSR count). The van der Waals surface area contributed by atoms with Gasteiger partial charge in [0.25, 0.3) is 0 Å². The molecule has 0 bridgehead atoms. The molecule has 0 atom stereocenters. The van der Waals surface area contributed by atoms with Gasteiger partial charge in [-0.1, -0.05) is 6.07 Å². The first-order valence-electron chi connectivity index (χ1n) is 7.35. The zero-order valence-corrected chi connectivity index (χ0v) is 13.6. The minimum atomic E-state index is -0.201. The number of hydrogen-bond donors (Lipinski definition) is 0. The van der Waals surface area contributed by atoms with Crippen molar-refractivity contribution in [2.24, 2.45) is 0 Å². The number of benzene rings is 2. The van der Waals surface area contributed by atoms with Crippen LogP contribution in [0.3, 0.4) is 0 Å². The Labute approximate surface area is 134 Å². The predicted molar refractivity (Wildman–Crippen MR) is 89.8 cm³/mol. The molecule has 0 aliphatic carbocycles. The monoisotopic (exact) mass is 310 g/mol. The summed E-state index contributed by atoms with van der Waals surface area (Å²) in [5.74, 6) is 1.48. The number of ether oxygens (including phenoxy) is 2. The number of rotatable bonds is 3. The number of aryl methyl sites for hydroxylation is 2. The largest absolute Gasteiger partial charge is 0.497 e. The van der Waals surface area contributed by atoms with E-state index in [0.717, 1.165) is 16.7 Å². The average Bonchev–Trinajstić information content (AvgIpc) is 2.54. The normalized spacial score (nSPS) is 10.8. The fourth-order valence-corrected chi connectivity index (χ4v) is 2.51. The van der Waals surface area contributed by atoms with Crippen LogP contribution in [0.2, 0.25) is 0 Å². The lowest BCUT2D eigenvalue weighted by molar-refractivity contribution is 0.413. The summed E-state index contributed by atoms with van der Waals surface area (Å²) >= 11 is 0. The molecule has 0 amide bonds. The van der Waals surface area contributed by atoms with E-state index in [0.29, 0.717) is 22.5 Å². The quantitative estimate of drug-likeness (QED) is 0.713. The lowest BCUT2D eigenvalue weighted by atomic mass is 10.1. The van der Waals surface area contributed by atoms with Crippen LogP contribution in [0.4, 0.5) is 0 Å². The molecule has 1 heterocycles. The van der Waals surface area contributed by atoms with Gasteiger partial charge in [0.1, 0.15) is 23.3 Å². The predicted octanol–water partition coefficient (Wildman–Crippen LogP) is 4.52. The Balaban J connectivity index is 2.08. The molecular weight excluding hydrogens is 292 g/mol. The van der Waals surface area contributed by atoms with E-state index in [1.165, 1.54) is 6.26 Å². The van der Waals surface area contributed by atoms with Crippen molar-refractivity contribution in [3.8, 4) is 17.2 Å². The van der Waals surface area contributed by atoms with E-state index in [1.807, 2.05) is 26.8 Å². The second-order valence-corrected chi connectivity index (χ2v) is 5.60. The van der Waals surface area contributed by atoms with Gasteiger partial charge in [-0.3, -0.25) is 4.79 Å². The van der Waals surface area contributed by atoms with E-state index in [-0.39, 0.29) is 11.2 Å². The van der Waals surface area contributed by atoms with Gasteiger partial charge in [-0.2, -0.15) is 0 Å². The Morgan fingerprint density at radius 2 is 1.78 bits per heavy atom. The van der Waals surface area contributed by atoms with Crippen LogP contribution in [-0.4, -0.2) is 7.11 Å². The first kappa shape index (κ1) is 15.2. The molecule has 0 unspecified atom stereocenters. The lowest BCUT2D eigenvalue weighted by Gasteiger charge is -2.11. The third kappa shape index (κ3) is 2.80. The second-order valence-electron chi connectivity index (χ2n) is 5.60. The highest BCUT2D eigenvalue weighted by Gasteiger charge is 2.12. The summed E-state index contributed by atoms with van der Waals surface area (Å²) in [4.78, 5) is 12.6. The molecule has 3 aromatic rings. The topological polar surface area (TPSA) is 48.7 Å². The van der Waals surface area contributed by atoms with Gasteiger partial charge in [-0.05, 0) is 55.7 Å². The maximum absolute atomic E-state index is 12.6. The Bertz CT molecular complexity index is 938. The molecule has 0 radical (unpaired) electrons. The minimum absolute atomic E-state index is 0.177. The van der Waals surface area contributed by atoms with E-state index in [9.17, 15) is 4.79 Å². The molecule has 0 aliphatic heterocycles. The van der Waals surface area contributed by atoms with Crippen LogP contribution in [0, 0.1) is 20.8 Å². The summed E-state index contributed by atoms with van der Waals surface area (Å²) in [5, 5.41) is 0.463. The fourth-order valence-electron chi connectivity index (χ4n) is 2.51. The van der Waals surface area contributed by atoms with Crippen molar-refractivity contribution < 1.29 is 13.9 Å². The van der Waals surface area contributed by atoms with E-state index in [4.69, 9.17) is 13.9 Å². The highest BCUT2D eigenvalue weighted by Crippen LogP contribution is 2.28. The van der Waals surface area contributed by atoms with Crippen molar-refractivity contribution in [2.45, 2.75) is 20.8 Å². The summed E-state index contributed by atoms with van der Waals surface area (Å²) in [6, 6.07) is 9.09. The van der Waals surface area contributed by atoms with Gasteiger partial charge in [0.2, 0.25) is 11.2 Å². The van der Waals surface area contributed by atoms with Crippen LogP contribution in [0.15, 0.2) is 45.8 Å². The number of hydrogen-bond acceptors (Lipinski definition) is 4. The van der Waals surface area contributed by atoms with Crippen molar-refractivity contribution in [3.05, 3.63) is 63.5 Å².